The van der Waals surface area contributed by atoms with E-state index in [0.29, 0.717) is 30.8 Å². The van der Waals surface area contributed by atoms with Crippen molar-refractivity contribution in [2.45, 2.75) is 63.6 Å². The predicted octanol–water partition coefficient (Wildman–Crippen LogP) is 4.12. The maximum Gasteiger partial charge on any atom is 0.253 e. The smallest absolute Gasteiger partial charge is 0.253 e. The fourth-order valence-corrected chi connectivity index (χ4v) is 7.00. The fraction of sp³-hybridized carbons (Fsp3) is 0.484. The third-order valence-electron chi connectivity index (χ3n) is 8.90. The zero-order valence-electron chi connectivity index (χ0n) is 23.1. The van der Waals surface area contributed by atoms with E-state index in [4.69, 9.17) is 4.74 Å². The molecule has 2 fully saturated rings. The van der Waals surface area contributed by atoms with Crippen LogP contribution < -0.4 is 15.6 Å². The molecule has 2 aromatic carbocycles. The minimum Gasteiger partial charge on any atom is -0.383 e. The molecule has 5 atom stereocenters. The number of methoxy groups -OCH3 is 1. The number of carbonyl (C=O) groups is 3. The molecule has 0 unspecified atom stereocenters. The van der Waals surface area contributed by atoms with E-state index in [1.54, 1.807) is 31.4 Å². The predicted molar refractivity (Wildman–Crippen MR) is 153 cm³/mol. The van der Waals surface area contributed by atoms with E-state index in [1.165, 1.54) is 10.6 Å². The molecule has 1 saturated carbocycles. The Kier molecular flexibility index (Phi) is 7.31. The lowest BCUT2D eigenvalue weighted by atomic mass is 9.81. The number of anilines is 2. The molecule has 4 aliphatic rings. The molecule has 40 heavy (non-hydrogen) atoms. The van der Waals surface area contributed by atoms with Gasteiger partial charge in [0.05, 0.1) is 36.7 Å². The average molecular weight is 544 g/mol. The lowest BCUT2D eigenvalue weighted by molar-refractivity contribution is -0.139. The monoisotopic (exact) mass is 543 g/mol. The van der Waals surface area contributed by atoms with Crippen LogP contribution in [0.2, 0.25) is 0 Å². The van der Waals surface area contributed by atoms with Gasteiger partial charge >= 0.3 is 0 Å². The Bertz CT molecular complexity index is 1330. The maximum atomic E-state index is 14.2. The van der Waals surface area contributed by atoms with Crippen LogP contribution in [-0.4, -0.2) is 60.7 Å². The van der Waals surface area contributed by atoms with Gasteiger partial charge in [-0.05, 0) is 62.1 Å². The van der Waals surface area contributed by atoms with E-state index in [-0.39, 0.29) is 47.7 Å². The van der Waals surface area contributed by atoms with Crippen molar-refractivity contribution in [2.24, 2.45) is 16.9 Å². The molecular weight excluding hydrogens is 506 g/mol. The molecule has 0 spiro atoms. The number of hydrazone groups is 1. The van der Waals surface area contributed by atoms with E-state index < -0.39 is 0 Å². The van der Waals surface area contributed by atoms with Crippen molar-refractivity contribution < 1.29 is 19.1 Å². The van der Waals surface area contributed by atoms with Gasteiger partial charge in [0.1, 0.15) is 0 Å². The number of hydrogen-bond donors (Lipinski definition) is 2. The van der Waals surface area contributed by atoms with E-state index in [2.05, 4.69) is 32.8 Å². The quantitative estimate of drug-likeness (QED) is 0.571. The summed E-state index contributed by atoms with van der Waals surface area (Å²) in [5, 5.41) is 12.5. The van der Waals surface area contributed by atoms with Gasteiger partial charge < -0.3 is 20.3 Å². The minimum atomic E-state index is -0.252. The van der Waals surface area contributed by atoms with Gasteiger partial charge in [0, 0.05) is 42.6 Å². The van der Waals surface area contributed by atoms with Crippen molar-refractivity contribution in [3.8, 4) is 0 Å². The third-order valence-corrected chi connectivity index (χ3v) is 8.90. The number of para-hydroxylation sites is 1. The molecule has 2 aromatic rings. The minimum absolute atomic E-state index is 0.00974. The molecule has 0 radical (unpaired) electrons. The lowest BCUT2D eigenvalue weighted by Gasteiger charge is -2.41. The number of nitrogens with one attached hydrogen (secondary N) is 2. The van der Waals surface area contributed by atoms with Gasteiger partial charge in [-0.2, -0.15) is 5.10 Å². The molecule has 3 amide bonds. The van der Waals surface area contributed by atoms with E-state index in [9.17, 15) is 14.4 Å². The Morgan fingerprint density at radius 3 is 2.60 bits per heavy atom. The molecule has 3 aliphatic heterocycles. The van der Waals surface area contributed by atoms with Crippen LogP contribution in [0.1, 0.15) is 67.4 Å². The van der Waals surface area contributed by atoms with Crippen LogP contribution in [0.15, 0.2) is 53.6 Å². The number of ether oxygens (including phenoxy) is 1. The molecule has 0 bridgehead atoms. The Hall–Kier alpha value is -3.72. The molecule has 2 N–H and O–H groups in total. The number of carbonyl (C=O) groups excluding carboxylic acids is 3. The van der Waals surface area contributed by atoms with Crippen molar-refractivity contribution >= 4 is 34.8 Å². The van der Waals surface area contributed by atoms with Crippen LogP contribution >= 0.6 is 0 Å². The fourth-order valence-electron chi connectivity index (χ4n) is 7.00. The molecule has 1 saturated heterocycles. The van der Waals surface area contributed by atoms with E-state index >= 15 is 0 Å². The number of hydrogen-bond acceptors (Lipinski definition) is 6. The van der Waals surface area contributed by atoms with Crippen molar-refractivity contribution in [1.82, 2.24) is 10.2 Å². The first-order valence-electron chi connectivity index (χ1n) is 14.4. The molecule has 6 rings (SSSR count). The summed E-state index contributed by atoms with van der Waals surface area (Å²) in [4.78, 5) is 41.7. The highest BCUT2D eigenvalue weighted by Crippen LogP contribution is 2.47. The highest BCUT2D eigenvalue weighted by molar-refractivity contribution is 6.12. The van der Waals surface area contributed by atoms with Crippen LogP contribution in [0.3, 0.4) is 0 Å². The van der Waals surface area contributed by atoms with Crippen molar-refractivity contribution in [3.05, 3.63) is 59.7 Å². The van der Waals surface area contributed by atoms with Gasteiger partial charge in [-0.25, -0.2) is 5.01 Å². The van der Waals surface area contributed by atoms with Gasteiger partial charge in [0.25, 0.3) is 11.8 Å². The summed E-state index contributed by atoms with van der Waals surface area (Å²) in [7, 11) is 1.72. The topological polar surface area (TPSA) is 103 Å². The molecule has 0 aromatic heterocycles. The van der Waals surface area contributed by atoms with Crippen LogP contribution in [0.5, 0.6) is 0 Å². The summed E-state index contributed by atoms with van der Waals surface area (Å²) >= 11 is 0. The standard InChI is InChI=1S/C31H37N5O4/c1-19-17-28(37)36(34-19)21-13-11-20(12-14-21)30(38)33-26-10-6-4-8-24(26)31(39)35-16-15-23-27(18-40-2)32-25-9-5-3-7-22(25)29(23)35/h3,5,7,9,11-14,23-24,26-27,29,32H,4,6,8,10,15-18H2,1-2H3,(H,33,38)/t23-,24+,26-,27+,29+/m1/s1. The number of fused-ring (bicyclic) bond motifs is 3. The van der Waals surface area contributed by atoms with Crippen LogP contribution in [-0.2, 0) is 14.3 Å². The number of nitrogens with zero attached hydrogens (tertiary/aromatic N) is 3. The second-order valence-corrected chi connectivity index (χ2v) is 11.5. The van der Waals surface area contributed by atoms with Crippen molar-refractivity contribution in [2.75, 3.05) is 30.6 Å². The Morgan fingerprint density at radius 2 is 1.85 bits per heavy atom. The zero-order valence-corrected chi connectivity index (χ0v) is 23.1. The second-order valence-electron chi connectivity index (χ2n) is 11.5. The molecule has 9 heteroatoms. The van der Waals surface area contributed by atoms with Gasteiger partial charge in [-0.15, -0.1) is 0 Å². The Balaban J connectivity index is 1.18. The maximum absolute atomic E-state index is 14.2. The van der Waals surface area contributed by atoms with Gasteiger partial charge in [0.2, 0.25) is 5.91 Å². The molecule has 3 heterocycles. The first kappa shape index (κ1) is 26.5. The van der Waals surface area contributed by atoms with Crippen LogP contribution in [0, 0.1) is 11.8 Å². The summed E-state index contributed by atoms with van der Waals surface area (Å²) in [6.07, 6.45) is 4.75. The van der Waals surface area contributed by atoms with E-state index in [1.807, 2.05) is 19.1 Å². The molecule has 9 nitrogen and oxygen atoms in total. The number of likely N-dealkylation sites (tertiary alicyclic amines) is 1. The van der Waals surface area contributed by atoms with Crippen molar-refractivity contribution in [1.29, 1.82) is 0 Å². The number of rotatable bonds is 6. The van der Waals surface area contributed by atoms with Crippen LogP contribution in [0.4, 0.5) is 11.4 Å². The highest BCUT2D eigenvalue weighted by atomic mass is 16.5. The summed E-state index contributed by atoms with van der Waals surface area (Å²) in [5.74, 6) is -0.105. The summed E-state index contributed by atoms with van der Waals surface area (Å²) in [6.45, 7) is 3.13. The summed E-state index contributed by atoms with van der Waals surface area (Å²) < 4.78 is 5.53. The second kappa shape index (κ2) is 11.0. The Morgan fingerprint density at radius 1 is 1.07 bits per heavy atom. The molecular formula is C31H37N5O4. The zero-order chi connectivity index (χ0) is 27.8. The Labute approximate surface area is 234 Å². The third kappa shape index (κ3) is 4.87. The van der Waals surface area contributed by atoms with Crippen LogP contribution in [0.25, 0.3) is 0 Å². The largest absolute Gasteiger partial charge is 0.383 e. The lowest BCUT2D eigenvalue weighted by Crippen LogP contribution is -2.50. The van der Waals surface area contributed by atoms with Crippen molar-refractivity contribution in [3.63, 3.8) is 0 Å². The van der Waals surface area contributed by atoms with E-state index in [0.717, 1.165) is 43.5 Å². The first-order valence-corrected chi connectivity index (χ1v) is 14.4. The van der Waals surface area contributed by atoms with Gasteiger partial charge in [-0.3, -0.25) is 14.4 Å². The number of amides is 3. The average Bonchev–Trinajstić information content (AvgIpc) is 3.56. The SMILES string of the molecule is COC[C@@H]1Nc2ccccc2[C@H]2[C@@H]1CCN2C(=O)[C@H]1CCCC[C@H]1NC(=O)c1ccc(N2N=C(C)CC2=O)cc1. The highest BCUT2D eigenvalue weighted by Gasteiger charge is 2.48. The van der Waals surface area contributed by atoms with Gasteiger partial charge in [0.15, 0.2) is 0 Å². The van der Waals surface area contributed by atoms with Gasteiger partial charge in [-0.1, -0.05) is 31.0 Å². The first-order chi connectivity index (χ1) is 19.4. The number of benzene rings is 2. The summed E-state index contributed by atoms with van der Waals surface area (Å²) in [5.41, 5.74) is 4.15. The molecule has 1 aliphatic carbocycles. The normalized spacial score (nSPS) is 27.5. The molecule has 210 valence electrons. The summed E-state index contributed by atoms with van der Waals surface area (Å²) in [6, 6.07) is 15.1.